The van der Waals surface area contributed by atoms with Crippen molar-refractivity contribution in [1.82, 2.24) is 20.1 Å². The third-order valence-electron chi connectivity index (χ3n) is 5.32. The molecule has 0 radical (unpaired) electrons. The molecular weight excluding hydrogens is 464 g/mol. The predicted octanol–water partition coefficient (Wildman–Crippen LogP) is 1.83. The Morgan fingerprint density at radius 1 is 1.18 bits per heavy atom. The van der Waals surface area contributed by atoms with Gasteiger partial charge in [-0.2, -0.15) is 0 Å². The zero-order valence-corrected chi connectivity index (χ0v) is 20.5. The van der Waals surface area contributed by atoms with E-state index < -0.39 is 22.0 Å². The van der Waals surface area contributed by atoms with Crippen molar-refractivity contribution in [2.24, 2.45) is 0 Å². The molecule has 1 aromatic heterocycles. The van der Waals surface area contributed by atoms with Crippen LogP contribution in [0.15, 0.2) is 35.7 Å². The number of amides is 2. The molecule has 1 aliphatic heterocycles. The number of carbonyl (C=O) groups is 2. The van der Waals surface area contributed by atoms with Crippen molar-refractivity contribution in [3.05, 3.63) is 52.0 Å². The summed E-state index contributed by atoms with van der Waals surface area (Å²) in [4.78, 5) is 33.8. The maximum absolute atomic E-state index is 13.1. The van der Waals surface area contributed by atoms with Crippen LogP contribution in [-0.2, 0) is 32.5 Å². The van der Waals surface area contributed by atoms with Crippen LogP contribution in [0.5, 0.6) is 0 Å². The molecule has 2 heterocycles. The van der Waals surface area contributed by atoms with Gasteiger partial charge >= 0.3 is 6.09 Å². The first-order valence-corrected chi connectivity index (χ1v) is 13.7. The maximum atomic E-state index is 13.1. The van der Waals surface area contributed by atoms with Crippen molar-refractivity contribution in [3.8, 4) is 0 Å². The molecular formula is C22H30N4O5S2. The van der Waals surface area contributed by atoms with Crippen LogP contribution in [0, 0.1) is 6.92 Å². The third-order valence-corrected chi connectivity index (χ3v) is 7.12. The quantitative estimate of drug-likeness (QED) is 0.566. The van der Waals surface area contributed by atoms with Gasteiger partial charge in [0, 0.05) is 44.4 Å². The number of thiazole rings is 1. The minimum atomic E-state index is -3.29. The number of benzene rings is 1. The van der Waals surface area contributed by atoms with Gasteiger partial charge in [-0.3, -0.25) is 9.69 Å². The van der Waals surface area contributed by atoms with Gasteiger partial charge in [0.1, 0.15) is 22.5 Å². The van der Waals surface area contributed by atoms with Crippen LogP contribution in [-0.4, -0.2) is 79.4 Å². The lowest BCUT2D eigenvalue weighted by Crippen LogP contribution is -2.55. The average Bonchev–Trinajstić information content (AvgIpc) is 3.20. The number of hydrogen-bond acceptors (Lipinski definition) is 8. The number of rotatable bonds is 9. The zero-order valence-electron chi connectivity index (χ0n) is 18.9. The molecule has 1 aliphatic rings. The number of aromatic nitrogens is 1. The van der Waals surface area contributed by atoms with Gasteiger partial charge in [-0.15, -0.1) is 11.3 Å². The molecule has 3 rings (SSSR count). The topological polar surface area (TPSA) is 109 Å². The van der Waals surface area contributed by atoms with Gasteiger partial charge in [0.05, 0.1) is 16.5 Å². The summed E-state index contributed by atoms with van der Waals surface area (Å²) in [6.45, 7) is 5.12. The molecule has 0 bridgehead atoms. The van der Waals surface area contributed by atoms with Crippen LogP contribution < -0.4 is 5.32 Å². The van der Waals surface area contributed by atoms with Crippen LogP contribution >= 0.6 is 11.3 Å². The molecule has 1 unspecified atom stereocenters. The second kappa shape index (κ2) is 11.6. The fraction of sp³-hybridized carbons (Fsp3) is 0.500. The Morgan fingerprint density at radius 3 is 2.48 bits per heavy atom. The van der Waals surface area contributed by atoms with Crippen molar-refractivity contribution in [2.75, 3.05) is 38.2 Å². The SMILES string of the molecule is Cc1nc(CN2CCN(C(=O)C(CCS(C)(=O)=O)NC(=O)OCc3ccccc3)CC2)cs1. The second-order valence-electron chi connectivity index (χ2n) is 8.14. The molecule has 9 nitrogen and oxygen atoms in total. The molecule has 1 atom stereocenters. The minimum Gasteiger partial charge on any atom is -0.445 e. The molecule has 0 aliphatic carbocycles. The number of carbonyl (C=O) groups excluding carboxylic acids is 2. The number of nitrogens with one attached hydrogen (secondary N) is 1. The predicted molar refractivity (Wildman–Crippen MR) is 127 cm³/mol. The Hall–Kier alpha value is -2.50. The summed E-state index contributed by atoms with van der Waals surface area (Å²) in [5.41, 5.74) is 1.84. The fourth-order valence-electron chi connectivity index (χ4n) is 3.55. The first-order valence-electron chi connectivity index (χ1n) is 10.8. The van der Waals surface area contributed by atoms with E-state index in [4.69, 9.17) is 4.74 Å². The first kappa shape index (κ1) is 25.1. The molecule has 2 aromatic rings. The Balaban J connectivity index is 1.55. The van der Waals surface area contributed by atoms with E-state index in [1.54, 1.807) is 16.2 Å². The standard InChI is InChI=1S/C22H30N4O5S2/c1-17-23-19(16-32-17)14-25-9-11-26(12-10-25)21(27)20(8-13-33(2,29)30)24-22(28)31-15-18-6-4-3-5-7-18/h3-7,16,20H,8-15H2,1-2H3,(H,24,28). The van der Waals surface area contributed by atoms with E-state index in [1.165, 1.54) is 0 Å². The van der Waals surface area contributed by atoms with E-state index in [9.17, 15) is 18.0 Å². The van der Waals surface area contributed by atoms with Crippen molar-refractivity contribution in [1.29, 1.82) is 0 Å². The molecule has 1 aromatic carbocycles. The molecule has 11 heteroatoms. The van der Waals surface area contributed by atoms with E-state index in [0.717, 1.165) is 29.1 Å². The van der Waals surface area contributed by atoms with Crippen molar-refractivity contribution in [3.63, 3.8) is 0 Å². The Kier molecular flexibility index (Phi) is 8.81. The summed E-state index contributed by atoms with van der Waals surface area (Å²) < 4.78 is 28.6. The highest BCUT2D eigenvalue weighted by Crippen LogP contribution is 2.13. The van der Waals surface area contributed by atoms with Gasteiger partial charge in [-0.05, 0) is 18.9 Å². The number of aryl methyl sites for hydroxylation is 1. The van der Waals surface area contributed by atoms with Gasteiger partial charge < -0.3 is 15.0 Å². The van der Waals surface area contributed by atoms with Crippen molar-refractivity contribution >= 4 is 33.2 Å². The maximum Gasteiger partial charge on any atom is 0.408 e. The molecule has 0 saturated carbocycles. The van der Waals surface area contributed by atoms with Gasteiger partial charge in [0.15, 0.2) is 0 Å². The van der Waals surface area contributed by atoms with E-state index in [0.29, 0.717) is 26.2 Å². The van der Waals surface area contributed by atoms with E-state index in [1.807, 2.05) is 42.6 Å². The van der Waals surface area contributed by atoms with Crippen molar-refractivity contribution in [2.45, 2.75) is 32.5 Å². The lowest BCUT2D eigenvalue weighted by atomic mass is 10.1. The number of sulfone groups is 1. The minimum absolute atomic E-state index is 0.00355. The summed E-state index contributed by atoms with van der Waals surface area (Å²) in [6.07, 6.45) is 0.362. The van der Waals surface area contributed by atoms with Crippen molar-refractivity contribution < 1.29 is 22.7 Å². The fourth-order valence-corrected chi connectivity index (χ4v) is 4.82. The van der Waals surface area contributed by atoms with Crippen LogP contribution in [0.2, 0.25) is 0 Å². The average molecular weight is 495 g/mol. The molecule has 0 spiro atoms. The Morgan fingerprint density at radius 2 is 1.88 bits per heavy atom. The lowest BCUT2D eigenvalue weighted by Gasteiger charge is -2.36. The number of alkyl carbamates (subject to hydrolysis) is 1. The molecule has 180 valence electrons. The summed E-state index contributed by atoms with van der Waals surface area (Å²) >= 11 is 1.61. The number of hydrogen-bond donors (Lipinski definition) is 1. The number of nitrogens with zero attached hydrogens (tertiary/aromatic N) is 3. The smallest absolute Gasteiger partial charge is 0.408 e. The summed E-state index contributed by atoms with van der Waals surface area (Å²) in [5.74, 6) is -0.495. The van der Waals surface area contributed by atoms with Crippen LogP contribution in [0.3, 0.4) is 0 Å². The monoisotopic (exact) mass is 494 g/mol. The lowest BCUT2D eigenvalue weighted by molar-refractivity contribution is -0.135. The van der Waals surface area contributed by atoms with Crippen LogP contribution in [0.1, 0.15) is 22.7 Å². The van der Waals surface area contributed by atoms with E-state index in [-0.39, 0.29) is 24.7 Å². The first-order chi connectivity index (χ1) is 15.7. The third kappa shape index (κ3) is 8.41. The molecule has 2 amide bonds. The second-order valence-corrected chi connectivity index (χ2v) is 11.5. The summed E-state index contributed by atoms with van der Waals surface area (Å²) in [5, 5.41) is 5.64. The van der Waals surface area contributed by atoms with Gasteiger partial charge in [0.2, 0.25) is 5.91 Å². The molecule has 1 saturated heterocycles. The molecule has 33 heavy (non-hydrogen) atoms. The van der Waals surface area contributed by atoms with Gasteiger partial charge in [0.25, 0.3) is 0 Å². The highest BCUT2D eigenvalue weighted by molar-refractivity contribution is 7.90. The molecule has 1 N–H and O–H groups in total. The Bertz CT molecular complexity index is 1030. The highest BCUT2D eigenvalue weighted by atomic mass is 32.2. The summed E-state index contributed by atoms with van der Waals surface area (Å²) in [6, 6.07) is 8.23. The summed E-state index contributed by atoms with van der Waals surface area (Å²) in [7, 11) is -3.29. The Labute approximate surface area is 198 Å². The zero-order chi connectivity index (χ0) is 23.8. The van der Waals surface area contributed by atoms with Gasteiger partial charge in [-0.1, -0.05) is 30.3 Å². The normalized spacial score (nSPS) is 15.8. The van der Waals surface area contributed by atoms with E-state index in [2.05, 4.69) is 15.2 Å². The largest absolute Gasteiger partial charge is 0.445 e. The number of piperazine rings is 1. The molecule has 1 fully saturated rings. The highest BCUT2D eigenvalue weighted by Gasteiger charge is 2.30. The van der Waals surface area contributed by atoms with Crippen LogP contribution in [0.4, 0.5) is 4.79 Å². The van der Waals surface area contributed by atoms with E-state index >= 15 is 0 Å². The van der Waals surface area contributed by atoms with Gasteiger partial charge in [-0.25, -0.2) is 18.2 Å². The number of ether oxygens (including phenoxy) is 1. The van der Waals surface area contributed by atoms with Crippen LogP contribution in [0.25, 0.3) is 0 Å².